The van der Waals surface area contributed by atoms with Gasteiger partial charge in [0.2, 0.25) is 5.91 Å². The van der Waals surface area contributed by atoms with Gasteiger partial charge in [0.15, 0.2) is 0 Å². The van der Waals surface area contributed by atoms with Gasteiger partial charge in [0.1, 0.15) is 17.5 Å². The summed E-state index contributed by atoms with van der Waals surface area (Å²) in [5.74, 6) is 1.94. The van der Waals surface area contributed by atoms with Crippen molar-refractivity contribution < 1.29 is 14.3 Å². The molecule has 1 aromatic rings. The lowest BCUT2D eigenvalue weighted by Crippen LogP contribution is -2.45. The maximum Gasteiger partial charge on any atom is 0.244 e. The summed E-state index contributed by atoms with van der Waals surface area (Å²) in [4.78, 5) is 14.5. The van der Waals surface area contributed by atoms with Crippen LogP contribution in [0.1, 0.15) is 26.7 Å². The number of ether oxygens (including phenoxy) is 2. The molecule has 0 unspecified atom stereocenters. The van der Waals surface area contributed by atoms with E-state index >= 15 is 0 Å². The van der Waals surface area contributed by atoms with Gasteiger partial charge in [-0.25, -0.2) is 0 Å². The summed E-state index contributed by atoms with van der Waals surface area (Å²) >= 11 is 6.17. The van der Waals surface area contributed by atoms with Crippen LogP contribution in [0.2, 0.25) is 5.02 Å². The van der Waals surface area contributed by atoms with E-state index < -0.39 is 0 Å². The molecular formula is C17H25ClN2O3. The van der Waals surface area contributed by atoms with Gasteiger partial charge in [-0.15, -0.1) is 0 Å². The lowest BCUT2D eigenvalue weighted by atomic mass is 9.99. The second-order valence-electron chi connectivity index (χ2n) is 6.06. The molecule has 0 saturated carbocycles. The minimum absolute atomic E-state index is 0.103. The molecule has 1 N–H and O–H groups in total. The summed E-state index contributed by atoms with van der Waals surface area (Å²) in [6.07, 6.45) is 2.13. The summed E-state index contributed by atoms with van der Waals surface area (Å²) in [6.45, 7) is 5.74. The average Bonchev–Trinajstić information content (AvgIpc) is 2.55. The highest BCUT2D eigenvalue weighted by molar-refractivity contribution is 6.32. The summed E-state index contributed by atoms with van der Waals surface area (Å²) in [5, 5.41) is 3.68. The summed E-state index contributed by atoms with van der Waals surface area (Å²) in [7, 11) is 3.13. The van der Waals surface area contributed by atoms with Crippen LogP contribution in [0.5, 0.6) is 11.5 Å². The van der Waals surface area contributed by atoms with Crippen molar-refractivity contribution in [2.45, 2.75) is 32.7 Å². The van der Waals surface area contributed by atoms with E-state index in [4.69, 9.17) is 21.1 Å². The van der Waals surface area contributed by atoms with Gasteiger partial charge < -0.3 is 19.7 Å². The SMILES string of the molecule is COc1cc(OC)c(N[C@H](C)C(=O)N2CCC(C)CC2)cc1Cl. The van der Waals surface area contributed by atoms with E-state index in [1.54, 1.807) is 26.4 Å². The fraction of sp³-hybridized carbons (Fsp3) is 0.588. The molecule has 0 radical (unpaired) electrons. The highest BCUT2D eigenvalue weighted by atomic mass is 35.5. The van der Waals surface area contributed by atoms with Gasteiger partial charge in [-0.2, -0.15) is 0 Å². The van der Waals surface area contributed by atoms with Crippen LogP contribution in [-0.2, 0) is 4.79 Å². The minimum atomic E-state index is -0.346. The molecule has 6 heteroatoms. The average molecular weight is 341 g/mol. The van der Waals surface area contributed by atoms with E-state index in [-0.39, 0.29) is 11.9 Å². The van der Waals surface area contributed by atoms with Crippen LogP contribution in [0.4, 0.5) is 5.69 Å². The second kappa shape index (κ2) is 7.77. The number of amides is 1. The highest BCUT2D eigenvalue weighted by Gasteiger charge is 2.25. The van der Waals surface area contributed by atoms with Crippen LogP contribution in [0, 0.1) is 5.92 Å². The van der Waals surface area contributed by atoms with Gasteiger partial charge in [-0.05, 0) is 31.7 Å². The Morgan fingerprint density at radius 2 is 1.87 bits per heavy atom. The van der Waals surface area contributed by atoms with E-state index in [1.165, 1.54) is 0 Å². The van der Waals surface area contributed by atoms with E-state index in [1.807, 2.05) is 11.8 Å². The molecule has 1 atom stereocenters. The van der Waals surface area contributed by atoms with Crippen LogP contribution in [-0.4, -0.2) is 44.2 Å². The molecule has 1 aliphatic heterocycles. The predicted molar refractivity (Wildman–Crippen MR) is 92.6 cm³/mol. The Balaban J connectivity index is 2.08. The van der Waals surface area contributed by atoms with E-state index in [0.29, 0.717) is 28.1 Å². The summed E-state index contributed by atoms with van der Waals surface area (Å²) in [5.41, 5.74) is 0.685. The van der Waals surface area contributed by atoms with Crippen molar-refractivity contribution in [1.82, 2.24) is 4.90 Å². The maximum absolute atomic E-state index is 12.6. The normalized spacial score (nSPS) is 16.8. The zero-order chi connectivity index (χ0) is 17.0. The number of rotatable bonds is 5. The van der Waals surface area contributed by atoms with Crippen LogP contribution in [0.25, 0.3) is 0 Å². The van der Waals surface area contributed by atoms with E-state index in [0.717, 1.165) is 25.9 Å². The quantitative estimate of drug-likeness (QED) is 0.892. The third kappa shape index (κ3) is 4.22. The number of nitrogens with zero attached hydrogens (tertiary/aromatic N) is 1. The number of nitrogens with one attached hydrogen (secondary N) is 1. The zero-order valence-corrected chi connectivity index (χ0v) is 14.9. The van der Waals surface area contributed by atoms with Crippen molar-refractivity contribution >= 4 is 23.2 Å². The van der Waals surface area contributed by atoms with Gasteiger partial charge in [-0.1, -0.05) is 18.5 Å². The minimum Gasteiger partial charge on any atom is -0.495 e. The number of piperidine rings is 1. The first-order valence-electron chi connectivity index (χ1n) is 7.93. The fourth-order valence-electron chi connectivity index (χ4n) is 2.77. The van der Waals surface area contributed by atoms with Gasteiger partial charge in [-0.3, -0.25) is 4.79 Å². The molecule has 1 aliphatic rings. The number of carbonyl (C=O) groups is 1. The second-order valence-corrected chi connectivity index (χ2v) is 6.47. The lowest BCUT2D eigenvalue weighted by Gasteiger charge is -2.32. The fourth-order valence-corrected chi connectivity index (χ4v) is 3.01. The third-order valence-electron chi connectivity index (χ3n) is 4.31. The number of halogens is 1. The highest BCUT2D eigenvalue weighted by Crippen LogP contribution is 2.36. The molecule has 0 bridgehead atoms. The van der Waals surface area contributed by atoms with Crippen LogP contribution in [0.15, 0.2) is 12.1 Å². The Morgan fingerprint density at radius 3 is 2.43 bits per heavy atom. The van der Waals surface area contributed by atoms with Crippen molar-refractivity contribution in [3.63, 3.8) is 0 Å². The van der Waals surface area contributed by atoms with Gasteiger partial charge in [0, 0.05) is 19.2 Å². The van der Waals surface area contributed by atoms with Crippen LogP contribution < -0.4 is 14.8 Å². The Morgan fingerprint density at radius 1 is 1.26 bits per heavy atom. The third-order valence-corrected chi connectivity index (χ3v) is 4.61. The standard InChI is InChI=1S/C17H25ClN2O3/c1-11-5-7-20(8-6-11)17(21)12(2)19-14-9-13(18)15(22-3)10-16(14)23-4/h9-12,19H,5-8H2,1-4H3/t12-/m1/s1. The number of anilines is 1. The lowest BCUT2D eigenvalue weighted by molar-refractivity contribution is -0.132. The van der Waals surface area contributed by atoms with E-state index in [9.17, 15) is 4.79 Å². The molecule has 1 fully saturated rings. The van der Waals surface area contributed by atoms with Gasteiger partial charge in [0.25, 0.3) is 0 Å². The molecule has 1 saturated heterocycles. The van der Waals surface area contributed by atoms with Crippen LogP contribution >= 0.6 is 11.6 Å². The van der Waals surface area contributed by atoms with Crippen molar-refractivity contribution in [3.05, 3.63) is 17.2 Å². The van der Waals surface area contributed by atoms with Crippen molar-refractivity contribution in [2.75, 3.05) is 32.6 Å². The topological polar surface area (TPSA) is 50.8 Å². The number of hydrogen-bond donors (Lipinski definition) is 1. The number of hydrogen-bond acceptors (Lipinski definition) is 4. The molecule has 1 aromatic carbocycles. The molecule has 1 heterocycles. The first kappa shape index (κ1) is 17.7. The first-order chi connectivity index (χ1) is 11.0. The maximum atomic E-state index is 12.6. The molecule has 23 heavy (non-hydrogen) atoms. The summed E-state index contributed by atoms with van der Waals surface area (Å²) in [6, 6.07) is 3.09. The monoisotopic (exact) mass is 340 g/mol. The first-order valence-corrected chi connectivity index (χ1v) is 8.31. The van der Waals surface area contributed by atoms with E-state index in [2.05, 4.69) is 12.2 Å². The molecular weight excluding hydrogens is 316 g/mol. The molecule has 128 valence electrons. The number of benzene rings is 1. The largest absolute Gasteiger partial charge is 0.495 e. The molecule has 1 amide bonds. The van der Waals surface area contributed by atoms with Crippen molar-refractivity contribution in [1.29, 1.82) is 0 Å². The Bertz CT molecular complexity index is 557. The number of likely N-dealkylation sites (tertiary alicyclic amines) is 1. The molecule has 0 aliphatic carbocycles. The predicted octanol–water partition coefficient (Wildman–Crippen LogP) is 3.42. The smallest absolute Gasteiger partial charge is 0.244 e. The Kier molecular flexibility index (Phi) is 5.99. The molecule has 5 nitrogen and oxygen atoms in total. The Hall–Kier alpha value is -1.62. The number of carbonyl (C=O) groups excluding carboxylic acids is 1. The zero-order valence-electron chi connectivity index (χ0n) is 14.2. The molecule has 2 rings (SSSR count). The van der Waals surface area contributed by atoms with Crippen molar-refractivity contribution in [2.24, 2.45) is 5.92 Å². The Labute approximate surface area is 142 Å². The number of methoxy groups -OCH3 is 2. The molecule has 0 spiro atoms. The van der Waals surface area contributed by atoms with Crippen molar-refractivity contribution in [3.8, 4) is 11.5 Å². The summed E-state index contributed by atoms with van der Waals surface area (Å²) < 4.78 is 10.5. The molecule has 0 aromatic heterocycles. The van der Waals surface area contributed by atoms with Gasteiger partial charge in [0.05, 0.1) is 24.9 Å². The van der Waals surface area contributed by atoms with Gasteiger partial charge >= 0.3 is 0 Å². The van der Waals surface area contributed by atoms with Crippen LogP contribution in [0.3, 0.4) is 0 Å².